The van der Waals surface area contributed by atoms with Crippen LogP contribution < -0.4 is 9.92 Å². The zero-order valence-electron chi connectivity index (χ0n) is 6.64. The fourth-order valence-corrected chi connectivity index (χ4v) is 1.25. The van der Waals surface area contributed by atoms with Crippen molar-refractivity contribution in [1.29, 1.82) is 0 Å². The van der Waals surface area contributed by atoms with Crippen LogP contribution in [0, 0.1) is 0 Å². The van der Waals surface area contributed by atoms with Gasteiger partial charge in [-0.15, -0.1) is 0 Å². The highest BCUT2D eigenvalue weighted by molar-refractivity contribution is 7.95. The number of hydrogen-bond donors (Lipinski definition) is 1. The average molecular weight is 244 g/mol. The van der Waals surface area contributed by atoms with Gasteiger partial charge in [-0.1, -0.05) is 11.6 Å². The van der Waals surface area contributed by atoms with Gasteiger partial charge in [0.25, 0.3) is 0 Å². The summed E-state index contributed by atoms with van der Waals surface area (Å²) in [5.74, 6) is -0.0303. The quantitative estimate of drug-likeness (QED) is 0.638. The van der Waals surface area contributed by atoms with E-state index in [1.54, 1.807) is 0 Å². The van der Waals surface area contributed by atoms with Crippen molar-refractivity contribution in [3.8, 4) is 5.75 Å². The van der Waals surface area contributed by atoms with E-state index in [1.165, 1.54) is 18.2 Å². The molecule has 0 amide bonds. The van der Waals surface area contributed by atoms with Gasteiger partial charge < -0.3 is 9.92 Å². The maximum atomic E-state index is 11.7. The van der Waals surface area contributed by atoms with Gasteiger partial charge in [-0.05, 0) is 6.07 Å². The monoisotopic (exact) mass is 243 g/mol. The van der Waals surface area contributed by atoms with Gasteiger partial charge in [-0.2, -0.15) is 13.2 Å². The predicted octanol–water partition coefficient (Wildman–Crippen LogP) is 3.47. The third kappa shape index (κ3) is 3.97. The SMILES string of the molecule is Nc1cc(Cl)cc(OSC(F)(F)F)c1. The summed E-state index contributed by atoms with van der Waals surface area (Å²) in [5.41, 5.74) is 1.14. The number of nitrogen functional groups attached to an aromatic ring is 1. The van der Waals surface area contributed by atoms with E-state index in [9.17, 15) is 13.2 Å². The van der Waals surface area contributed by atoms with Crippen LogP contribution in [0.2, 0.25) is 5.02 Å². The first-order chi connectivity index (χ1) is 6.37. The van der Waals surface area contributed by atoms with Crippen molar-refractivity contribution < 1.29 is 17.4 Å². The van der Waals surface area contributed by atoms with E-state index in [1.807, 2.05) is 0 Å². The van der Waals surface area contributed by atoms with Gasteiger partial charge in [0, 0.05) is 22.8 Å². The van der Waals surface area contributed by atoms with Gasteiger partial charge in [0.15, 0.2) is 12.0 Å². The number of halogens is 4. The first-order valence-electron chi connectivity index (χ1n) is 3.35. The van der Waals surface area contributed by atoms with Gasteiger partial charge in [-0.3, -0.25) is 0 Å². The van der Waals surface area contributed by atoms with Gasteiger partial charge in [0.1, 0.15) is 5.75 Å². The molecule has 14 heavy (non-hydrogen) atoms. The smallest absolute Gasteiger partial charge is 0.417 e. The Kier molecular flexibility index (Phi) is 3.38. The molecule has 0 saturated carbocycles. The lowest BCUT2D eigenvalue weighted by Gasteiger charge is -2.07. The molecule has 0 radical (unpaired) electrons. The normalized spacial score (nSPS) is 11.4. The molecule has 1 rings (SSSR count). The fourth-order valence-electron chi connectivity index (χ4n) is 0.728. The van der Waals surface area contributed by atoms with E-state index in [-0.39, 0.29) is 16.5 Å². The van der Waals surface area contributed by atoms with Crippen LogP contribution in [-0.2, 0) is 0 Å². The Bertz CT molecular complexity index is 311. The lowest BCUT2D eigenvalue weighted by atomic mass is 10.3. The van der Waals surface area contributed by atoms with E-state index < -0.39 is 17.6 Å². The van der Waals surface area contributed by atoms with Crippen LogP contribution in [0.4, 0.5) is 18.9 Å². The number of rotatable bonds is 2. The molecule has 0 aliphatic carbocycles. The van der Waals surface area contributed by atoms with Crippen LogP contribution in [0.25, 0.3) is 0 Å². The van der Waals surface area contributed by atoms with Crippen molar-refractivity contribution >= 4 is 29.3 Å². The third-order valence-corrected chi connectivity index (χ3v) is 1.81. The number of anilines is 1. The Morgan fingerprint density at radius 2 is 1.93 bits per heavy atom. The molecule has 0 atom stereocenters. The molecule has 2 N–H and O–H groups in total. The highest BCUT2D eigenvalue weighted by Crippen LogP contribution is 2.34. The van der Waals surface area contributed by atoms with E-state index in [0.717, 1.165) is 0 Å². The molecule has 0 spiro atoms. The highest BCUT2D eigenvalue weighted by atomic mass is 35.5. The predicted molar refractivity (Wildman–Crippen MR) is 50.1 cm³/mol. The minimum atomic E-state index is -4.45. The maximum absolute atomic E-state index is 11.7. The molecule has 1 aromatic carbocycles. The van der Waals surface area contributed by atoms with Crippen LogP contribution in [0.1, 0.15) is 0 Å². The van der Waals surface area contributed by atoms with E-state index in [4.69, 9.17) is 17.3 Å². The Labute approximate surface area is 87.4 Å². The molecule has 0 fully saturated rings. The van der Waals surface area contributed by atoms with Gasteiger partial charge in [0.2, 0.25) is 0 Å². The Morgan fingerprint density at radius 3 is 2.43 bits per heavy atom. The zero-order valence-corrected chi connectivity index (χ0v) is 8.21. The molecule has 0 saturated heterocycles. The van der Waals surface area contributed by atoms with Crippen LogP contribution in [0.15, 0.2) is 18.2 Å². The molecule has 0 aromatic heterocycles. The summed E-state index contributed by atoms with van der Waals surface area (Å²) in [6.07, 6.45) is 0. The summed E-state index contributed by atoms with van der Waals surface area (Å²) in [5, 5.41) is 0.225. The number of alkyl halides is 3. The molecule has 2 nitrogen and oxygen atoms in total. The van der Waals surface area contributed by atoms with Crippen LogP contribution in [0.3, 0.4) is 0 Å². The second kappa shape index (κ2) is 4.18. The molecule has 1 aromatic rings. The standard InChI is InChI=1S/C7H5ClF3NOS/c8-4-1-5(12)3-6(2-4)13-14-7(9,10)11/h1-3H,12H2. The first kappa shape index (κ1) is 11.3. The summed E-state index contributed by atoms with van der Waals surface area (Å²) in [6.45, 7) is 0. The molecular weight excluding hydrogens is 239 g/mol. The van der Waals surface area contributed by atoms with Crippen molar-refractivity contribution in [3.63, 3.8) is 0 Å². The highest BCUT2D eigenvalue weighted by Gasteiger charge is 2.31. The van der Waals surface area contributed by atoms with E-state index in [0.29, 0.717) is 0 Å². The number of nitrogens with two attached hydrogens (primary N) is 1. The van der Waals surface area contributed by atoms with Crippen molar-refractivity contribution in [3.05, 3.63) is 23.2 Å². The first-order valence-corrected chi connectivity index (χ1v) is 4.47. The molecule has 0 bridgehead atoms. The van der Waals surface area contributed by atoms with Gasteiger partial charge in [-0.25, -0.2) is 0 Å². The summed E-state index contributed by atoms with van der Waals surface area (Å²) in [6, 6.07) is 3.91. The lowest BCUT2D eigenvalue weighted by molar-refractivity contribution is -0.0369. The molecule has 0 unspecified atom stereocenters. The van der Waals surface area contributed by atoms with E-state index >= 15 is 0 Å². The third-order valence-electron chi connectivity index (χ3n) is 1.13. The minimum Gasteiger partial charge on any atom is -0.417 e. The van der Waals surface area contributed by atoms with Crippen LogP contribution in [0.5, 0.6) is 5.75 Å². The Balaban J connectivity index is 2.68. The maximum Gasteiger partial charge on any atom is 0.479 e. The summed E-state index contributed by atoms with van der Waals surface area (Å²) in [4.78, 5) is 0. The Morgan fingerprint density at radius 1 is 1.29 bits per heavy atom. The summed E-state index contributed by atoms with van der Waals surface area (Å²) >= 11 is 4.94. The van der Waals surface area contributed by atoms with E-state index in [2.05, 4.69) is 4.18 Å². The minimum absolute atomic E-state index is 0.0303. The molecule has 0 heterocycles. The van der Waals surface area contributed by atoms with Gasteiger partial charge in [0.05, 0.1) is 0 Å². The van der Waals surface area contributed by atoms with Crippen LogP contribution >= 0.6 is 23.6 Å². The second-order valence-electron chi connectivity index (χ2n) is 2.33. The molecule has 0 aliphatic heterocycles. The molecule has 78 valence electrons. The zero-order chi connectivity index (χ0) is 10.8. The molecule has 7 heteroatoms. The fraction of sp³-hybridized carbons (Fsp3) is 0.143. The summed E-state index contributed by atoms with van der Waals surface area (Å²) in [7, 11) is 0. The van der Waals surface area contributed by atoms with Gasteiger partial charge >= 0.3 is 5.51 Å². The lowest BCUT2D eigenvalue weighted by Crippen LogP contribution is -2.02. The number of hydrogen-bond acceptors (Lipinski definition) is 3. The average Bonchev–Trinajstić information content (AvgIpc) is 1.97. The van der Waals surface area contributed by atoms with Crippen molar-refractivity contribution in [2.75, 3.05) is 5.73 Å². The van der Waals surface area contributed by atoms with Crippen molar-refractivity contribution in [2.45, 2.75) is 5.51 Å². The van der Waals surface area contributed by atoms with Crippen LogP contribution in [-0.4, -0.2) is 5.51 Å². The topological polar surface area (TPSA) is 35.2 Å². The Hall–Kier alpha value is -0.750. The number of benzene rings is 1. The van der Waals surface area contributed by atoms with Crippen molar-refractivity contribution in [1.82, 2.24) is 0 Å². The molecule has 0 aliphatic rings. The second-order valence-corrected chi connectivity index (χ2v) is 3.57. The summed E-state index contributed by atoms with van der Waals surface area (Å²) < 4.78 is 39.5. The largest absolute Gasteiger partial charge is 0.479 e. The molecular formula is C7H5ClF3NOS. The van der Waals surface area contributed by atoms with Crippen molar-refractivity contribution in [2.24, 2.45) is 0 Å².